The molecule has 0 radical (unpaired) electrons. The summed E-state index contributed by atoms with van der Waals surface area (Å²) in [5.74, 6) is 0. The van der Waals surface area contributed by atoms with Gasteiger partial charge in [0.05, 0.1) is 6.61 Å². The maximum absolute atomic E-state index is 8.89. The van der Waals surface area contributed by atoms with Crippen LogP contribution in [0.4, 0.5) is 0 Å². The van der Waals surface area contributed by atoms with Crippen LogP contribution in [0.25, 0.3) is 0 Å². The van der Waals surface area contributed by atoms with Gasteiger partial charge >= 0.3 is 0 Å². The van der Waals surface area contributed by atoms with Crippen LogP contribution in [0.1, 0.15) is 58.3 Å². The van der Waals surface area contributed by atoms with E-state index >= 15 is 0 Å². The highest BCUT2D eigenvalue weighted by atomic mass is 16.5. The first-order chi connectivity index (χ1) is 8.35. The van der Waals surface area contributed by atoms with E-state index in [1.807, 2.05) is 0 Å². The summed E-state index contributed by atoms with van der Waals surface area (Å²) in [5.41, 5.74) is 0. The first kappa shape index (κ1) is 16.9. The van der Waals surface area contributed by atoms with Gasteiger partial charge in [0.15, 0.2) is 0 Å². The van der Waals surface area contributed by atoms with E-state index in [-0.39, 0.29) is 6.61 Å². The van der Waals surface area contributed by atoms with Gasteiger partial charge in [-0.05, 0) is 19.4 Å². The van der Waals surface area contributed by atoms with Crippen LogP contribution in [0.2, 0.25) is 0 Å². The highest BCUT2D eigenvalue weighted by Crippen LogP contribution is 2.06. The van der Waals surface area contributed by atoms with Gasteiger partial charge < -0.3 is 15.2 Å². The third kappa shape index (κ3) is 12.1. The summed E-state index contributed by atoms with van der Waals surface area (Å²) in [6.45, 7) is 4.22. The standard InChI is InChI=1S/C14H31NO2/c1-3-4-5-6-7-8-9-11-15-14(10-12-16)13-17-2/h14-16H,3-13H2,1-2H3. The van der Waals surface area contributed by atoms with Gasteiger partial charge in [-0.25, -0.2) is 0 Å². The fourth-order valence-corrected chi connectivity index (χ4v) is 1.99. The van der Waals surface area contributed by atoms with E-state index in [1.165, 1.54) is 44.9 Å². The van der Waals surface area contributed by atoms with E-state index in [9.17, 15) is 0 Å². The molecule has 17 heavy (non-hydrogen) atoms. The van der Waals surface area contributed by atoms with Gasteiger partial charge in [0, 0.05) is 19.8 Å². The second-order valence-corrected chi connectivity index (χ2v) is 4.74. The molecule has 0 aliphatic rings. The number of hydrogen-bond acceptors (Lipinski definition) is 3. The van der Waals surface area contributed by atoms with Crippen LogP contribution in [-0.2, 0) is 4.74 Å². The Morgan fingerprint density at radius 1 is 1.06 bits per heavy atom. The largest absolute Gasteiger partial charge is 0.396 e. The van der Waals surface area contributed by atoms with Gasteiger partial charge in [-0.1, -0.05) is 45.4 Å². The number of hydrogen-bond donors (Lipinski definition) is 2. The zero-order valence-corrected chi connectivity index (χ0v) is 11.7. The van der Waals surface area contributed by atoms with Crippen LogP contribution in [0, 0.1) is 0 Å². The van der Waals surface area contributed by atoms with Crippen molar-refractivity contribution in [2.24, 2.45) is 0 Å². The molecule has 0 saturated heterocycles. The molecule has 0 aliphatic carbocycles. The van der Waals surface area contributed by atoms with Crippen molar-refractivity contribution in [3.63, 3.8) is 0 Å². The quantitative estimate of drug-likeness (QED) is 0.490. The fourth-order valence-electron chi connectivity index (χ4n) is 1.99. The molecule has 0 amide bonds. The van der Waals surface area contributed by atoms with Crippen molar-refractivity contribution >= 4 is 0 Å². The lowest BCUT2D eigenvalue weighted by atomic mass is 10.1. The van der Waals surface area contributed by atoms with E-state index in [2.05, 4.69) is 12.2 Å². The maximum atomic E-state index is 8.89. The Bertz CT molecular complexity index is 136. The average Bonchev–Trinajstić information content (AvgIpc) is 2.33. The van der Waals surface area contributed by atoms with Crippen LogP contribution >= 0.6 is 0 Å². The average molecular weight is 245 g/mol. The first-order valence-electron chi connectivity index (χ1n) is 7.18. The fraction of sp³-hybridized carbons (Fsp3) is 1.00. The zero-order valence-electron chi connectivity index (χ0n) is 11.7. The molecular weight excluding hydrogens is 214 g/mol. The lowest BCUT2D eigenvalue weighted by Crippen LogP contribution is -2.34. The van der Waals surface area contributed by atoms with Gasteiger partial charge in [0.2, 0.25) is 0 Å². The van der Waals surface area contributed by atoms with Crippen molar-refractivity contribution in [3.8, 4) is 0 Å². The molecule has 0 rings (SSSR count). The predicted octanol–water partition coefficient (Wildman–Crippen LogP) is 2.72. The first-order valence-corrected chi connectivity index (χ1v) is 7.18. The lowest BCUT2D eigenvalue weighted by Gasteiger charge is -2.16. The molecule has 1 unspecified atom stereocenters. The normalized spacial score (nSPS) is 12.9. The summed E-state index contributed by atoms with van der Waals surface area (Å²) in [4.78, 5) is 0. The second kappa shape index (κ2) is 13.9. The smallest absolute Gasteiger partial charge is 0.0616 e. The summed E-state index contributed by atoms with van der Waals surface area (Å²) in [5, 5.41) is 12.3. The Kier molecular flexibility index (Phi) is 13.8. The second-order valence-electron chi connectivity index (χ2n) is 4.74. The molecule has 0 spiro atoms. The third-order valence-electron chi connectivity index (χ3n) is 3.06. The molecule has 104 valence electrons. The van der Waals surface area contributed by atoms with Crippen molar-refractivity contribution < 1.29 is 9.84 Å². The molecule has 1 atom stereocenters. The number of unbranched alkanes of at least 4 members (excludes halogenated alkanes) is 6. The van der Waals surface area contributed by atoms with E-state index in [0.29, 0.717) is 12.6 Å². The molecular formula is C14H31NO2. The molecule has 0 fully saturated rings. The number of rotatable bonds is 13. The monoisotopic (exact) mass is 245 g/mol. The number of methoxy groups -OCH3 is 1. The Morgan fingerprint density at radius 3 is 2.29 bits per heavy atom. The number of aliphatic hydroxyl groups is 1. The summed E-state index contributed by atoms with van der Waals surface area (Å²) in [6, 6.07) is 0.310. The molecule has 2 N–H and O–H groups in total. The van der Waals surface area contributed by atoms with Crippen LogP contribution in [0.5, 0.6) is 0 Å². The van der Waals surface area contributed by atoms with Crippen LogP contribution in [-0.4, -0.2) is 38.0 Å². The molecule has 0 aromatic carbocycles. The SMILES string of the molecule is CCCCCCCCCNC(CCO)COC. The minimum absolute atomic E-state index is 0.234. The number of ether oxygens (including phenoxy) is 1. The number of nitrogens with one attached hydrogen (secondary N) is 1. The van der Waals surface area contributed by atoms with Crippen LogP contribution in [0.3, 0.4) is 0 Å². The summed E-state index contributed by atoms with van der Waals surface area (Å²) < 4.78 is 5.11. The lowest BCUT2D eigenvalue weighted by molar-refractivity contribution is 0.148. The van der Waals surface area contributed by atoms with E-state index < -0.39 is 0 Å². The third-order valence-corrected chi connectivity index (χ3v) is 3.06. The number of aliphatic hydroxyl groups excluding tert-OH is 1. The molecule has 0 heterocycles. The Morgan fingerprint density at radius 2 is 1.71 bits per heavy atom. The van der Waals surface area contributed by atoms with Crippen molar-refractivity contribution in [1.82, 2.24) is 5.32 Å². The van der Waals surface area contributed by atoms with Gasteiger partial charge in [-0.15, -0.1) is 0 Å². The van der Waals surface area contributed by atoms with E-state index in [0.717, 1.165) is 13.0 Å². The summed E-state index contributed by atoms with van der Waals surface area (Å²) >= 11 is 0. The summed E-state index contributed by atoms with van der Waals surface area (Å²) in [7, 11) is 1.71. The summed E-state index contributed by atoms with van der Waals surface area (Å²) in [6.07, 6.45) is 10.2. The van der Waals surface area contributed by atoms with Gasteiger partial charge in [-0.2, -0.15) is 0 Å². The molecule has 3 nitrogen and oxygen atoms in total. The van der Waals surface area contributed by atoms with Crippen LogP contribution < -0.4 is 5.32 Å². The highest BCUT2D eigenvalue weighted by molar-refractivity contribution is 4.65. The van der Waals surface area contributed by atoms with Crippen molar-refractivity contribution in [1.29, 1.82) is 0 Å². The topological polar surface area (TPSA) is 41.5 Å². The maximum Gasteiger partial charge on any atom is 0.0616 e. The molecule has 0 aliphatic heterocycles. The minimum atomic E-state index is 0.234. The Balaban J connectivity index is 3.23. The van der Waals surface area contributed by atoms with E-state index in [4.69, 9.17) is 9.84 Å². The molecule has 0 saturated carbocycles. The molecule has 3 heteroatoms. The van der Waals surface area contributed by atoms with Crippen molar-refractivity contribution in [3.05, 3.63) is 0 Å². The van der Waals surface area contributed by atoms with Crippen LogP contribution in [0.15, 0.2) is 0 Å². The zero-order chi connectivity index (χ0) is 12.8. The predicted molar refractivity (Wildman–Crippen MR) is 73.4 cm³/mol. The Labute approximate surface area is 107 Å². The highest BCUT2D eigenvalue weighted by Gasteiger charge is 2.05. The van der Waals surface area contributed by atoms with Gasteiger partial charge in [-0.3, -0.25) is 0 Å². The van der Waals surface area contributed by atoms with E-state index in [1.54, 1.807) is 7.11 Å². The van der Waals surface area contributed by atoms with Gasteiger partial charge in [0.25, 0.3) is 0 Å². The van der Waals surface area contributed by atoms with Crippen molar-refractivity contribution in [2.75, 3.05) is 26.9 Å². The molecule has 0 aromatic rings. The van der Waals surface area contributed by atoms with Crippen molar-refractivity contribution in [2.45, 2.75) is 64.3 Å². The van der Waals surface area contributed by atoms with Gasteiger partial charge in [0.1, 0.15) is 0 Å². The molecule has 0 aromatic heterocycles. The Hall–Kier alpha value is -0.120. The molecule has 0 bridgehead atoms. The minimum Gasteiger partial charge on any atom is -0.396 e.